The molecule has 1 aliphatic heterocycles. The van der Waals surface area contributed by atoms with E-state index in [9.17, 15) is 0 Å². The zero-order chi connectivity index (χ0) is 11.5. The molecule has 1 aromatic heterocycles. The lowest BCUT2D eigenvalue weighted by Crippen LogP contribution is -2.43. The van der Waals surface area contributed by atoms with Crippen molar-refractivity contribution in [1.29, 1.82) is 0 Å². The molecule has 18 heavy (non-hydrogen) atoms. The first kappa shape index (κ1) is 12.9. The van der Waals surface area contributed by atoms with E-state index in [2.05, 4.69) is 20.4 Å². The Bertz CT molecular complexity index is 482. The van der Waals surface area contributed by atoms with Gasteiger partial charge in [-0.2, -0.15) is 4.98 Å². The van der Waals surface area contributed by atoms with E-state index in [1.807, 2.05) is 30.3 Å². The van der Waals surface area contributed by atoms with Gasteiger partial charge in [-0.05, 0) is 0 Å². The fourth-order valence-electron chi connectivity index (χ4n) is 1.90. The van der Waals surface area contributed by atoms with Gasteiger partial charge in [0, 0.05) is 31.7 Å². The summed E-state index contributed by atoms with van der Waals surface area (Å²) in [6.45, 7) is 3.75. The second-order valence-corrected chi connectivity index (χ2v) is 4.00. The highest BCUT2D eigenvalue weighted by atomic mass is 35.5. The van der Waals surface area contributed by atoms with E-state index < -0.39 is 0 Å². The summed E-state index contributed by atoms with van der Waals surface area (Å²) in [5, 5.41) is 7.30. The van der Waals surface area contributed by atoms with Gasteiger partial charge in [0.2, 0.25) is 5.82 Å². The first-order valence-electron chi connectivity index (χ1n) is 5.78. The quantitative estimate of drug-likeness (QED) is 0.894. The number of hydrogen-bond acceptors (Lipinski definition) is 5. The summed E-state index contributed by atoms with van der Waals surface area (Å²) in [5.41, 5.74) is 0.984. The fraction of sp³-hybridized carbons (Fsp3) is 0.333. The Balaban J connectivity index is 0.00000120. The fourth-order valence-corrected chi connectivity index (χ4v) is 1.90. The summed E-state index contributed by atoms with van der Waals surface area (Å²) in [5.74, 6) is 0.652. The van der Waals surface area contributed by atoms with Gasteiger partial charge < -0.3 is 14.7 Å². The molecule has 0 unspecified atom stereocenters. The Hall–Kier alpha value is -1.59. The maximum Gasteiger partial charge on any atom is 0.324 e. The van der Waals surface area contributed by atoms with Gasteiger partial charge >= 0.3 is 6.01 Å². The van der Waals surface area contributed by atoms with Crippen molar-refractivity contribution in [1.82, 2.24) is 15.5 Å². The number of nitrogens with zero attached hydrogens (tertiary/aromatic N) is 3. The number of benzene rings is 1. The third kappa shape index (κ3) is 2.63. The van der Waals surface area contributed by atoms with E-state index in [1.165, 1.54) is 0 Å². The molecule has 0 spiro atoms. The predicted molar refractivity (Wildman–Crippen MR) is 72.1 cm³/mol. The highest BCUT2D eigenvalue weighted by Gasteiger charge is 2.17. The summed E-state index contributed by atoms with van der Waals surface area (Å²) >= 11 is 0. The second-order valence-electron chi connectivity index (χ2n) is 4.00. The van der Waals surface area contributed by atoms with Crippen LogP contribution in [0.15, 0.2) is 34.9 Å². The van der Waals surface area contributed by atoms with E-state index in [0.29, 0.717) is 11.8 Å². The molecule has 6 heteroatoms. The molecule has 2 heterocycles. The van der Waals surface area contributed by atoms with Crippen LogP contribution in [0.1, 0.15) is 0 Å². The van der Waals surface area contributed by atoms with E-state index in [-0.39, 0.29) is 12.4 Å². The molecule has 1 N–H and O–H groups in total. The topological polar surface area (TPSA) is 54.2 Å². The van der Waals surface area contributed by atoms with Crippen LogP contribution in [0.3, 0.4) is 0 Å². The molecule has 1 saturated heterocycles. The van der Waals surface area contributed by atoms with Gasteiger partial charge in [-0.3, -0.25) is 0 Å². The van der Waals surface area contributed by atoms with E-state index >= 15 is 0 Å². The Morgan fingerprint density at radius 2 is 1.83 bits per heavy atom. The van der Waals surface area contributed by atoms with Gasteiger partial charge in [0.05, 0.1) is 0 Å². The van der Waals surface area contributed by atoms with Crippen LogP contribution in [0.25, 0.3) is 11.4 Å². The van der Waals surface area contributed by atoms with Crippen molar-refractivity contribution in [2.24, 2.45) is 0 Å². The molecule has 0 radical (unpaired) electrons. The Kier molecular flexibility index (Phi) is 4.17. The molecule has 0 aliphatic carbocycles. The average Bonchev–Trinajstić information content (AvgIpc) is 2.90. The van der Waals surface area contributed by atoms with E-state index in [4.69, 9.17) is 4.52 Å². The summed E-state index contributed by atoms with van der Waals surface area (Å²) in [4.78, 5) is 6.53. The number of anilines is 1. The Labute approximate surface area is 112 Å². The van der Waals surface area contributed by atoms with Crippen LogP contribution < -0.4 is 10.2 Å². The first-order valence-corrected chi connectivity index (χ1v) is 5.78. The molecule has 0 bridgehead atoms. The minimum atomic E-state index is 0. The van der Waals surface area contributed by atoms with Crippen LogP contribution in [0.5, 0.6) is 0 Å². The minimum absolute atomic E-state index is 0. The van der Waals surface area contributed by atoms with Crippen molar-refractivity contribution in [2.75, 3.05) is 31.1 Å². The van der Waals surface area contributed by atoms with Gasteiger partial charge in [0.25, 0.3) is 0 Å². The maximum absolute atomic E-state index is 5.30. The molecule has 1 aromatic carbocycles. The van der Waals surface area contributed by atoms with Gasteiger partial charge in [0.1, 0.15) is 0 Å². The average molecular weight is 267 g/mol. The van der Waals surface area contributed by atoms with Crippen molar-refractivity contribution in [2.45, 2.75) is 0 Å². The van der Waals surface area contributed by atoms with Gasteiger partial charge in [-0.1, -0.05) is 35.5 Å². The smallest absolute Gasteiger partial charge is 0.322 e. The normalized spacial score (nSPS) is 15.2. The van der Waals surface area contributed by atoms with Crippen molar-refractivity contribution in [3.63, 3.8) is 0 Å². The molecule has 96 valence electrons. The third-order valence-electron chi connectivity index (χ3n) is 2.83. The molecular weight excluding hydrogens is 252 g/mol. The Morgan fingerprint density at radius 3 is 2.56 bits per heavy atom. The molecule has 2 aromatic rings. The summed E-state index contributed by atoms with van der Waals surface area (Å²) in [6, 6.07) is 10.5. The van der Waals surface area contributed by atoms with Crippen LogP contribution in [-0.2, 0) is 0 Å². The highest BCUT2D eigenvalue weighted by Crippen LogP contribution is 2.19. The second kappa shape index (κ2) is 5.84. The first-order chi connectivity index (χ1) is 8.43. The van der Waals surface area contributed by atoms with Gasteiger partial charge in [-0.25, -0.2) is 0 Å². The van der Waals surface area contributed by atoms with Gasteiger partial charge in [-0.15, -0.1) is 12.4 Å². The van der Waals surface area contributed by atoms with Crippen molar-refractivity contribution in [3.8, 4) is 11.4 Å². The monoisotopic (exact) mass is 266 g/mol. The molecule has 0 atom stereocenters. The summed E-state index contributed by atoms with van der Waals surface area (Å²) < 4.78 is 5.30. The zero-order valence-electron chi connectivity index (χ0n) is 9.87. The molecular formula is C12H15ClN4O. The SMILES string of the molecule is Cl.c1ccc(-c2noc(N3CCNCC3)n2)cc1. The molecule has 1 aliphatic rings. The molecule has 0 saturated carbocycles. The van der Waals surface area contributed by atoms with Crippen LogP contribution in [-0.4, -0.2) is 36.3 Å². The third-order valence-corrected chi connectivity index (χ3v) is 2.83. The number of aromatic nitrogens is 2. The lowest BCUT2D eigenvalue weighted by molar-refractivity contribution is 0.405. The number of rotatable bonds is 2. The zero-order valence-corrected chi connectivity index (χ0v) is 10.7. The van der Waals surface area contributed by atoms with Crippen LogP contribution >= 0.6 is 12.4 Å². The predicted octanol–water partition coefficient (Wildman–Crippen LogP) is 1.57. The van der Waals surface area contributed by atoms with Crippen molar-refractivity contribution < 1.29 is 4.52 Å². The van der Waals surface area contributed by atoms with E-state index in [1.54, 1.807) is 0 Å². The highest BCUT2D eigenvalue weighted by molar-refractivity contribution is 5.85. The lowest BCUT2D eigenvalue weighted by atomic mass is 10.2. The number of piperazine rings is 1. The van der Waals surface area contributed by atoms with Crippen LogP contribution in [0.4, 0.5) is 6.01 Å². The van der Waals surface area contributed by atoms with Crippen molar-refractivity contribution in [3.05, 3.63) is 30.3 Å². The summed E-state index contributed by atoms with van der Waals surface area (Å²) in [7, 11) is 0. The van der Waals surface area contributed by atoms with Crippen LogP contribution in [0, 0.1) is 0 Å². The lowest BCUT2D eigenvalue weighted by Gasteiger charge is -2.24. The maximum atomic E-state index is 5.30. The molecule has 0 amide bonds. The number of hydrogen-bond donors (Lipinski definition) is 1. The molecule has 3 rings (SSSR count). The summed E-state index contributed by atoms with van der Waals surface area (Å²) in [6.07, 6.45) is 0. The van der Waals surface area contributed by atoms with Crippen molar-refractivity contribution >= 4 is 18.4 Å². The van der Waals surface area contributed by atoms with Crippen LogP contribution in [0.2, 0.25) is 0 Å². The number of nitrogens with one attached hydrogen (secondary N) is 1. The van der Waals surface area contributed by atoms with E-state index in [0.717, 1.165) is 31.7 Å². The van der Waals surface area contributed by atoms with Gasteiger partial charge in [0.15, 0.2) is 0 Å². The number of halogens is 1. The molecule has 1 fully saturated rings. The standard InChI is InChI=1S/C12H14N4O.ClH/c1-2-4-10(5-3-1)11-14-12(17-15-11)16-8-6-13-7-9-16;/h1-5,13H,6-9H2;1H. The minimum Gasteiger partial charge on any atom is -0.322 e. The largest absolute Gasteiger partial charge is 0.324 e. The molecule has 5 nitrogen and oxygen atoms in total. The Morgan fingerprint density at radius 1 is 1.11 bits per heavy atom.